The topological polar surface area (TPSA) is 74.3 Å². The summed E-state index contributed by atoms with van der Waals surface area (Å²) in [5.41, 5.74) is 0.504. The van der Waals surface area contributed by atoms with Crippen LogP contribution in [-0.2, 0) is 0 Å². The van der Waals surface area contributed by atoms with Gasteiger partial charge in [-0.25, -0.2) is 9.78 Å². The molecular formula is C17H24N4O2. The normalized spacial score (nSPS) is 25.7. The third kappa shape index (κ3) is 3.81. The summed E-state index contributed by atoms with van der Waals surface area (Å²) in [6.45, 7) is 0. The smallest absolute Gasteiger partial charge is 0.320 e. The minimum absolute atomic E-state index is 0.105. The van der Waals surface area contributed by atoms with E-state index >= 15 is 0 Å². The maximum atomic E-state index is 12.1. The van der Waals surface area contributed by atoms with Crippen molar-refractivity contribution in [1.82, 2.24) is 15.2 Å². The molecule has 2 atom stereocenters. The van der Waals surface area contributed by atoms with Gasteiger partial charge in [-0.05, 0) is 43.2 Å². The summed E-state index contributed by atoms with van der Waals surface area (Å²) in [6, 6.07) is 3.39. The van der Waals surface area contributed by atoms with Crippen LogP contribution in [0.2, 0.25) is 0 Å². The van der Waals surface area contributed by atoms with Crippen molar-refractivity contribution in [3.63, 3.8) is 0 Å². The van der Waals surface area contributed by atoms with Crippen LogP contribution in [0.25, 0.3) is 0 Å². The fourth-order valence-corrected chi connectivity index (χ4v) is 3.82. The lowest BCUT2D eigenvalue weighted by Gasteiger charge is -2.28. The van der Waals surface area contributed by atoms with E-state index in [0.29, 0.717) is 11.4 Å². The molecule has 23 heavy (non-hydrogen) atoms. The highest BCUT2D eigenvalue weighted by Gasteiger charge is 2.34. The largest absolute Gasteiger partial charge is 0.345 e. The van der Waals surface area contributed by atoms with E-state index in [1.807, 2.05) is 0 Å². The number of fused-ring (bicyclic) bond motifs is 2. The standard InChI is InChI=1S/C17H24N4O2/c1-21(2)16(22)13-5-6-15(18-10-13)20-17(23)19-14-8-11-3-4-12(7-11)9-14/h5-6,10-12,14H,3-4,7-9H2,1-2H3,(H2,18,19,20,23). The van der Waals surface area contributed by atoms with Gasteiger partial charge in [-0.1, -0.05) is 12.8 Å². The van der Waals surface area contributed by atoms with Crippen molar-refractivity contribution < 1.29 is 9.59 Å². The van der Waals surface area contributed by atoms with E-state index in [1.54, 1.807) is 26.2 Å². The van der Waals surface area contributed by atoms with Gasteiger partial charge >= 0.3 is 6.03 Å². The van der Waals surface area contributed by atoms with Gasteiger partial charge in [-0.2, -0.15) is 0 Å². The predicted octanol–water partition coefficient (Wildman–Crippen LogP) is 2.48. The maximum Gasteiger partial charge on any atom is 0.320 e. The van der Waals surface area contributed by atoms with Crippen LogP contribution in [0, 0.1) is 11.8 Å². The zero-order chi connectivity index (χ0) is 16.4. The number of urea groups is 1. The van der Waals surface area contributed by atoms with Gasteiger partial charge in [-0.15, -0.1) is 0 Å². The Morgan fingerprint density at radius 3 is 2.39 bits per heavy atom. The van der Waals surface area contributed by atoms with Gasteiger partial charge in [0, 0.05) is 26.3 Å². The highest BCUT2D eigenvalue weighted by molar-refractivity contribution is 5.94. The van der Waals surface area contributed by atoms with Crippen LogP contribution in [0.3, 0.4) is 0 Å². The number of nitrogens with zero attached hydrogens (tertiary/aromatic N) is 2. The van der Waals surface area contributed by atoms with Crippen LogP contribution in [0.5, 0.6) is 0 Å². The third-order valence-corrected chi connectivity index (χ3v) is 4.88. The average molecular weight is 316 g/mol. The van der Waals surface area contributed by atoms with Crippen molar-refractivity contribution in [2.45, 2.75) is 38.1 Å². The quantitative estimate of drug-likeness (QED) is 0.899. The molecule has 1 aromatic heterocycles. The van der Waals surface area contributed by atoms with Crippen molar-refractivity contribution >= 4 is 17.8 Å². The molecule has 2 saturated carbocycles. The number of aromatic nitrogens is 1. The zero-order valence-corrected chi connectivity index (χ0v) is 13.7. The highest BCUT2D eigenvalue weighted by atomic mass is 16.2. The second-order valence-corrected chi connectivity index (χ2v) is 6.94. The van der Waals surface area contributed by atoms with Crippen molar-refractivity contribution in [3.8, 4) is 0 Å². The van der Waals surface area contributed by atoms with Crippen LogP contribution in [-0.4, -0.2) is 42.0 Å². The Bertz CT molecular complexity index is 573. The molecular weight excluding hydrogens is 292 g/mol. The molecule has 3 rings (SSSR count). The lowest BCUT2D eigenvalue weighted by molar-refractivity contribution is 0.0827. The van der Waals surface area contributed by atoms with Crippen LogP contribution < -0.4 is 10.6 Å². The molecule has 1 heterocycles. The van der Waals surface area contributed by atoms with Crippen molar-refractivity contribution in [2.75, 3.05) is 19.4 Å². The molecule has 2 aliphatic carbocycles. The van der Waals surface area contributed by atoms with Gasteiger partial charge in [0.05, 0.1) is 5.56 Å². The highest BCUT2D eigenvalue weighted by Crippen LogP contribution is 2.41. The van der Waals surface area contributed by atoms with E-state index in [2.05, 4.69) is 15.6 Å². The SMILES string of the molecule is CN(C)C(=O)c1ccc(NC(=O)NC2CC3CCC(C3)C2)nc1. The molecule has 2 bridgehead atoms. The minimum atomic E-state index is -0.213. The summed E-state index contributed by atoms with van der Waals surface area (Å²) < 4.78 is 0. The summed E-state index contributed by atoms with van der Waals surface area (Å²) in [5, 5.41) is 5.81. The van der Waals surface area contributed by atoms with E-state index in [4.69, 9.17) is 0 Å². The van der Waals surface area contributed by atoms with Crippen molar-refractivity contribution in [1.29, 1.82) is 0 Å². The van der Waals surface area contributed by atoms with E-state index in [1.165, 1.54) is 30.4 Å². The Balaban J connectivity index is 1.52. The number of anilines is 1. The number of hydrogen-bond donors (Lipinski definition) is 2. The first kappa shape index (κ1) is 15.8. The van der Waals surface area contributed by atoms with E-state index in [9.17, 15) is 9.59 Å². The van der Waals surface area contributed by atoms with Crippen molar-refractivity contribution in [2.24, 2.45) is 11.8 Å². The molecule has 0 saturated heterocycles. The molecule has 0 aliphatic heterocycles. The maximum absolute atomic E-state index is 12.1. The fourth-order valence-electron chi connectivity index (χ4n) is 3.82. The summed E-state index contributed by atoms with van der Waals surface area (Å²) >= 11 is 0. The molecule has 1 aromatic rings. The summed E-state index contributed by atoms with van der Waals surface area (Å²) in [7, 11) is 3.39. The Hall–Kier alpha value is -2.11. The second-order valence-electron chi connectivity index (χ2n) is 6.94. The first-order valence-electron chi connectivity index (χ1n) is 8.26. The van der Waals surface area contributed by atoms with Crippen LogP contribution >= 0.6 is 0 Å². The number of nitrogens with one attached hydrogen (secondary N) is 2. The van der Waals surface area contributed by atoms with Gasteiger partial charge in [0.25, 0.3) is 5.91 Å². The molecule has 2 aliphatic rings. The molecule has 2 fully saturated rings. The van der Waals surface area contributed by atoms with Gasteiger partial charge in [0.2, 0.25) is 0 Å². The van der Waals surface area contributed by atoms with Gasteiger partial charge in [-0.3, -0.25) is 10.1 Å². The van der Waals surface area contributed by atoms with Gasteiger partial charge in [0.1, 0.15) is 5.82 Å². The summed E-state index contributed by atoms with van der Waals surface area (Å²) in [4.78, 5) is 29.5. The molecule has 2 unspecified atom stereocenters. The Morgan fingerprint density at radius 2 is 1.83 bits per heavy atom. The Labute approximate surface area is 136 Å². The number of carbonyl (C=O) groups excluding carboxylic acids is 2. The van der Waals surface area contributed by atoms with E-state index in [-0.39, 0.29) is 18.0 Å². The molecule has 0 radical (unpaired) electrons. The van der Waals surface area contributed by atoms with E-state index < -0.39 is 0 Å². The lowest BCUT2D eigenvalue weighted by atomic mass is 9.85. The number of rotatable bonds is 3. The second kappa shape index (κ2) is 6.56. The lowest BCUT2D eigenvalue weighted by Crippen LogP contribution is -2.41. The molecule has 0 aromatic carbocycles. The summed E-state index contributed by atoms with van der Waals surface area (Å²) in [5.74, 6) is 1.92. The van der Waals surface area contributed by atoms with Crippen molar-refractivity contribution in [3.05, 3.63) is 23.9 Å². The third-order valence-electron chi connectivity index (χ3n) is 4.88. The zero-order valence-electron chi connectivity index (χ0n) is 13.7. The fraction of sp³-hybridized carbons (Fsp3) is 0.588. The molecule has 6 nitrogen and oxygen atoms in total. The van der Waals surface area contributed by atoms with Crippen LogP contribution in [0.4, 0.5) is 10.6 Å². The Morgan fingerprint density at radius 1 is 1.13 bits per heavy atom. The van der Waals surface area contributed by atoms with Crippen LogP contribution in [0.1, 0.15) is 42.5 Å². The monoisotopic (exact) mass is 316 g/mol. The Kier molecular flexibility index (Phi) is 4.50. The summed E-state index contributed by atoms with van der Waals surface area (Å²) in [6.07, 6.45) is 7.63. The number of carbonyl (C=O) groups is 2. The first-order chi connectivity index (χ1) is 11.0. The molecule has 6 heteroatoms. The first-order valence-corrected chi connectivity index (χ1v) is 8.26. The molecule has 124 valence electrons. The molecule has 2 N–H and O–H groups in total. The molecule has 3 amide bonds. The number of pyridine rings is 1. The van der Waals surface area contributed by atoms with Crippen LogP contribution in [0.15, 0.2) is 18.3 Å². The number of hydrogen-bond acceptors (Lipinski definition) is 3. The van der Waals surface area contributed by atoms with Gasteiger partial charge in [0.15, 0.2) is 0 Å². The molecule has 0 spiro atoms. The predicted molar refractivity (Wildman–Crippen MR) is 88.3 cm³/mol. The number of amides is 3. The average Bonchev–Trinajstić information content (AvgIpc) is 2.86. The van der Waals surface area contributed by atoms with E-state index in [0.717, 1.165) is 24.7 Å². The van der Waals surface area contributed by atoms with Gasteiger partial charge < -0.3 is 10.2 Å². The minimum Gasteiger partial charge on any atom is -0.345 e.